The molecule has 0 bridgehead atoms. The Morgan fingerprint density at radius 1 is 1.35 bits per heavy atom. The second kappa shape index (κ2) is 4.83. The Bertz CT molecular complexity index is 450. The lowest BCUT2D eigenvalue weighted by molar-refractivity contribution is -0.142. The van der Waals surface area contributed by atoms with Crippen LogP contribution in [0, 0.1) is 6.92 Å². The van der Waals surface area contributed by atoms with Gasteiger partial charge in [0.2, 0.25) is 0 Å². The molecule has 0 radical (unpaired) electrons. The molecule has 0 aliphatic heterocycles. The summed E-state index contributed by atoms with van der Waals surface area (Å²) in [6.45, 7) is 4.96. The molecule has 6 heteroatoms. The van der Waals surface area contributed by atoms with Crippen LogP contribution in [0.2, 0.25) is 0 Å². The highest BCUT2D eigenvalue weighted by Gasteiger charge is 2.33. The van der Waals surface area contributed by atoms with Gasteiger partial charge in [-0.05, 0) is 27.2 Å². The first kappa shape index (κ1) is 13.6. The van der Waals surface area contributed by atoms with E-state index >= 15 is 0 Å². The van der Waals surface area contributed by atoms with Gasteiger partial charge in [0.25, 0.3) is 0 Å². The zero-order chi connectivity index (χ0) is 13.2. The number of aryl methyl sites for hydroxylation is 2. The zero-order valence-electron chi connectivity index (χ0n) is 9.98. The molecule has 1 rings (SSSR count). The van der Waals surface area contributed by atoms with Crippen LogP contribution in [-0.4, -0.2) is 27.1 Å². The van der Waals surface area contributed by atoms with E-state index < -0.39 is 17.4 Å². The number of nitrogens with zero attached hydrogens (tertiary/aromatic N) is 1. The van der Waals surface area contributed by atoms with E-state index in [1.165, 1.54) is 11.3 Å². The van der Waals surface area contributed by atoms with Crippen LogP contribution in [-0.2, 0) is 21.4 Å². The molecule has 2 N–H and O–H groups in total. The predicted molar refractivity (Wildman–Crippen MR) is 63.5 cm³/mol. The number of aliphatic carboxylic acids is 2. The van der Waals surface area contributed by atoms with Crippen molar-refractivity contribution in [3.05, 3.63) is 15.6 Å². The fourth-order valence-corrected chi connectivity index (χ4v) is 2.40. The molecule has 0 spiro atoms. The molecular formula is C11H15NO4S. The lowest BCUT2D eigenvalue weighted by Gasteiger charge is -2.14. The molecule has 1 aromatic heterocycles. The normalized spacial score (nSPS) is 11.5. The fourth-order valence-electron chi connectivity index (χ4n) is 1.24. The molecule has 0 aromatic carbocycles. The minimum Gasteiger partial charge on any atom is -0.481 e. The number of aromatic nitrogens is 1. The fraction of sp³-hybridized carbons (Fsp3) is 0.545. The van der Waals surface area contributed by atoms with Crippen molar-refractivity contribution < 1.29 is 19.8 Å². The van der Waals surface area contributed by atoms with Crippen LogP contribution in [0.4, 0.5) is 0 Å². The maximum Gasteiger partial charge on any atom is 0.316 e. The van der Waals surface area contributed by atoms with Crippen LogP contribution in [0.5, 0.6) is 0 Å². The number of carboxylic acids is 2. The molecule has 0 atom stereocenters. The van der Waals surface area contributed by atoms with E-state index in [4.69, 9.17) is 10.2 Å². The molecule has 94 valence electrons. The minimum atomic E-state index is -1.03. The summed E-state index contributed by atoms with van der Waals surface area (Å²) < 4.78 is 0. The van der Waals surface area contributed by atoms with Crippen molar-refractivity contribution in [2.45, 2.75) is 39.0 Å². The number of hydrogen-bond donors (Lipinski definition) is 2. The van der Waals surface area contributed by atoms with Crippen molar-refractivity contribution >= 4 is 23.3 Å². The Balaban J connectivity index is 2.95. The first-order chi connectivity index (χ1) is 7.75. The van der Waals surface area contributed by atoms with Crippen LogP contribution in [0.1, 0.15) is 35.8 Å². The van der Waals surface area contributed by atoms with Gasteiger partial charge in [0, 0.05) is 4.88 Å². The largest absolute Gasteiger partial charge is 0.481 e. The van der Waals surface area contributed by atoms with Crippen LogP contribution < -0.4 is 0 Å². The molecule has 17 heavy (non-hydrogen) atoms. The average molecular weight is 257 g/mol. The Morgan fingerprint density at radius 2 is 1.94 bits per heavy atom. The monoisotopic (exact) mass is 257 g/mol. The summed E-state index contributed by atoms with van der Waals surface area (Å²) in [5.41, 5.74) is -0.308. The van der Waals surface area contributed by atoms with Gasteiger partial charge in [-0.25, -0.2) is 4.98 Å². The Morgan fingerprint density at radius 3 is 2.41 bits per heavy atom. The van der Waals surface area contributed by atoms with Gasteiger partial charge < -0.3 is 10.2 Å². The summed E-state index contributed by atoms with van der Waals surface area (Å²) in [6.07, 6.45) is 0.435. The number of hydrogen-bond acceptors (Lipinski definition) is 4. The van der Waals surface area contributed by atoms with E-state index in [2.05, 4.69) is 4.98 Å². The molecule has 0 fully saturated rings. The van der Waals surface area contributed by atoms with E-state index in [0.29, 0.717) is 11.4 Å². The maximum absolute atomic E-state index is 11.1. The topological polar surface area (TPSA) is 87.5 Å². The van der Waals surface area contributed by atoms with Crippen molar-refractivity contribution in [2.24, 2.45) is 0 Å². The van der Waals surface area contributed by atoms with Crippen LogP contribution in [0.3, 0.4) is 0 Å². The van der Waals surface area contributed by atoms with E-state index in [9.17, 15) is 9.59 Å². The number of thiazole rings is 1. The standard InChI is InChI=1S/C11H15NO4S/c1-6-7(4-5-8(13)14)17-9(12-6)11(2,3)10(15)16/h4-5H2,1-3H3,(H,13,14)(H,15,16). The first-order valence-corrected chi connectivity index (χ1v) is 5.98. The SMILES string of the molecule is Cc1nc(C(C)(C)C(=O)O)sc1CCC(=O)O. The van der Waals surface area contributed by atoms with Crippen molar-refractivity contribution in [1.82, 2.24) is 4.98 Å². The van der Waals surface area contributed by atoms with Gasteiger partial charge >= 0.3 is 11.9 Å². The summed E-state index contributed by atoms with van der Waals surface area (Å²) >= 11 is 1.28. The van der Waals surface area contributed by atoms with Crippen LogP contribution in [0.25, 0.3) is 0 Å². The number of rotatable bonds is 5. The van der Waals surface area contributed by atoms with Gasteiger partial charge in [-0.3, -0.25) is 9.59 Å². The summed E-state index contributed by atoms with van der Waals surface area (Å²) in [4.78, 5) is 26.6. The third kappa shape index (κ3) is 3.03. The maximum atomic E-state index is 11.1. The van der Waals surface area contributed by atoms with E-state index in [1.54, 1.807) is 20.8 Å². The lowest BCUT2D eigenvalue weighted by atomic mass is 9.95. The zero-order valence-corrected chi connectivity index (χ0v) is 10.8. The van der Waals surface area contributed by atoms with Gasteiger partial charge in [0.1, 0.15) is 10.4 Å². The third-order valence-electron chi connectivity index (χ3n) is 2.53. The Kier molecular flexibility index (Phi) is 3.87. The molecule has 1 heterocycles. The average Bonchev–Trinajstić information content (AvgIpc) is 2.57. The minimum absolute atomic E-state index is 0.0377. The summed E-state index contributed by atoms with van der Waals surface area (Å²) in [6, 6.07) is 0. The van der Waals surface area contributed by atoms with Crippen LogP contribution >= 0.6 is 11.3 Å². The van der Waals surface area contributed by atoms with Gasteiger partial charge in [0.05, 0.1) is 12.1 Å². The highest BCUT2D eigenvalue weighted by molar-refractivity contribution is 7.12. The molecule has 0 unspecified atom stereocenters. The van der Waals surface area contributed by atoms with Gasteiger partial charge in [-0.2, -0.15) is 0 Å². The van der Waals surface area contributed by atoms with Crippen LogP contribution in [0.15, 0.2) is 0 Å². The number of carbonyl (C=O) groups is 2. The molecule has 0 saturated carbocycles. The van der Waals surface area contributed by atoms with Gasteiger partial charge in [0.15, 0.2) is 0 Å². The molecule has 0 amide bonds. The van der Waals surface area contributed by atoms with Gasteiger partial charge in [-0.1, -0.05) is 0 Å². The predicted octanol–water partition coefficient (Wildman–Crippen LogP) is 1.83. The van der Waals surface area contributed by atoms with Crippen molar-refractivity contribution in [3.8, 4) is 0 Å². The molecule has 1 aromatic rings. The van der Waals surface area contributed by atoms with Gasteiger partial charge in [-0.15, -0.1) is 11.3 Å². The van der Waals surface area contributed by atoms with Crippen molar-refractivity contribution in [3.63, 3.8) is 0 Å². The molecule has 5 nitrogen and oxygen atoms in total. The van der Waals surface area contributed by atoms with E-state index in [0.717, 1.165) is 10.6 Å². The second-order valence-electron chi connectivity index (χ2n) is 4.35. The first-order valence-electron chi connectivity index (χ1n) is 5.17. The molecule has 0 aliphatic rings. The third-order valence-corrected chi connectivity index (χ3v) is 4.07. The quantitative estimate of drug-likeness (QED) is 0.840. The second-order valence-corrected chi connectivity index (χ2v) is 5.44. The van der Waals surface area contributed by atoms with E-state index in [-0.39, 0.29) is 6.42 Å². The summed E-state index contributed by atoms with van der Waals surface area (Å²) in [5, 5.41) is 18.2. The lowest BCUT2D eigenvalue weighted by Crippen LogP contribution is -2.28. The molecular weight excluding hydrogens is 242 g/mol. The summed E-state index contributed by atoms with van der Waals surface area (Å²) in [5.74, 6) is -1.80. The Labute approximate surface area is 103 Å². The van der Waals surface area contributed by atoms with Crippen molar-refractivity contribution in [1.29, 1.82) is 0 Å². The highest BCUT2D eigenvalue weighted by atomic mass is 32.1. The van der Waals surface area contributed by atoms with E-state index in [1.807, 2.05) is 0 Å². The Hall–Kier alpha value is -1.43. The molecule has 0 aliphatic carbocycles. The number of carboxylic acid groups (broad SMARTS) is 2. The van der Waals surface area contributed by atoms with Crippen molar-refractivity contribution in [2.75, 3.05) is 0 Å². The summed E-state index contributed by atoms with van der Waals surface area (Å²) in [7, 11) is 0. The highest BCUT2D eigenvalue weighted by Crippen LogP contribution is 2.30. The molecule has 0 saturated heterocycles. The smallest absolute Gasteiger partial charge is 0.316 e.